The number of aryl methyl sites for hydroxylation is 1. The van der Waals surface area contributed by atoms with Crippen LogP contribution < -0.4 is 5.32 Å². The zero-order valence-corrected chi connectivity index (χ0v) is 11.8. The minimum absolute atomic E-state index is 0.609. The van der Waals surface area contributed by atoms with E-state index in [2.05, 4.69) is 57.3 Å². The molecule has 2 unspecified atom stereocenters. The zero-order chi connectivity index (χ0) is 12.7. The summed E-state index contributed by atoms with van der Waals surface area (Å²) in [6, 6.07) is 9.46. The summed E-state index contributed by atoms with van der Waals surface area (Å²) in [5.41, 5.74) is 2.67. The number of hydrogen-bond donors (Lipinski definition) is 1. The van der Waals surface area contributed by atoms with Crippen LogP contribution in [0.3, 0.4) is 0 Å². The molecule has 0 aliphatic carbocycles. The fourth-order valence-corrected chi connectivity index (χ4v) is 2.05. The monoisotopic (exact) mass is 233 g/mol. The second-order valence-electron chi connectivity index (χ2n) is 5.05. The van der Waals surface area contributed by atoms with Crippen molar-refractivity contribution in [1.29, 1.82) is 0 Å². The van der Waals surface area contributed by atoms with Gasteiger partial charge in [0, 0.05) is 11.7 Å². The molecule has 2 atom stereocenters. The Bertz CT molecular complexity index is 302. The molecule has 1 rings (SSSR count). The Hall–Kier alpha value is -0.980. The van der Waals surface area contributed by atoms with Crippen molar-refractivity contribution in [1.82, 2.24) is 0 Å². The van der Waals surface area contributed by atoms with E-state index in [9.17, 15) is 0 Å². The average molecular weight is 233 g/mol. The van der Waals surface area contributed by atoms with Crippen molar-refractivity contribution in [2.24, 2.45) is 5.92 Å². The lowest BCUT2D eigenvalue weighted by Crippen LogP contribution is -2.21. The molecule has 0 saturated heterocycles. The smallest absolute Gasteiger partial charge is 0.0342 e. The minimum atomic E-state index is 0.609. The maximum Gasteiger partial charge on any atom is 0.0342 e. The first-order valence-electron chi connectivity index (χ1n) is 7.05. The predicted molar refractivity (Wildman–Crippen MR) is 77.6 cm³/mol. The molecule has 0 saturated carbocycles. The second-order valence-corrected chi connectivity index (χ2v) is 5.05. The standard InChI is InChI=1S/C16H27N/c1-5-13(4)12-15(7-3)17-16-10-8-14(6-2)9-11-16/h8-11,13,15,17H,5-7,12H2,1-4H3. The summed E-state index contributed by atoms with van der Waals surface area (Å²) in [6.07, 6.45) is 4.85. The normalized spacial score (nSPS) is 14.4. The molecule has 1 nitrogen and oxygen atoms in total. The summed E-state index contributed by atoms with van der Waals surface area (Å²) >= 11 is 0. The molecule has 96 valence electrons. The quantitative estimate of drug-likeness (QED) is 0.708. The van der Waals surface area contributed by atoms with Crippen molar-refractivity contribution in [2.45, 2.75) is 59.4 Å². The van der Waals surface area contributed by atoms with Crippen LogP contribution in [0.1, 0.15) is 52.5 Å². The van der Waals surface area contributed by atoms with Crippen LogP contribution >= 0.6 is 0 Å². The van der Waals surface area contributed by atoms with Crippen LogP contribution in [0.4, 0.5) is 5.69 Å². The van der Waals surface area contributed by atoms with E-state index in [0.717, 1.165) is 12.3 Å². The molecule has 1 N–H and O–H groups in total. The van der Waals surface area contributed by atoms with E-state index < -0.39 is 0 Å². The molecule has 0 radical (unpaired) electrons. The van der Waals surface area contributed by atoms with Crippen molar-refractivity contribution in [3.8, 4) is 0 Å². The molecule has 17 heavy (non-hydrogen) atoms. The van der Waals surface area contributed by atoms with E-state index in [-0.39, 0.29) is 0 Å². The zero-order valence-electron chi connectivity index (χ0n) is 11.8. The van der Waals surface area contributed by atoms with Gasteiger partial charge in [-0.15, -0.1) is 0 Å². The first-order chi connectivity index (χ1) is 8.19. The highest BCUT2D eigenvalue weighted by Gasteiger charge is 2.09. The van der Waals surface area contributed by atoms with Crippen LogP contribution in [-0.2, 0) is 6.42 Å². The second kappa shape index (κ2) is 7.37. The van der Waals surface area contributed by atoms with Gasteiger partial charge in [-0.25, -0.2) is 0 Å². The fourth-order valence-electron chi connectivity index (χ4n) is 2.05. The molecule has 0 aliphatic heterocycles. The average Bonchev–Trinajstić information content (AvgIpc) is 2.38. The van der Waals surface area contributed by atoms with Gasteiger partial charge in [0.25, 0.3) is 0 Å². The van der Waals surface area contributed by atoms with Crippen LogP contribution in [0, 0.1) is 5.92 Å². The molecule has 0 heterocycles. The van der Waals surface area contributed by atoms with E-state index in [4.69, 9.17) is 0 Å². The molecular weight excluding hydrogens is 206 g/mol. The van der Waals surface area contributed by atoms with Crippen LogP contribution in [0.15, 0.2) is 24.3 Å². The molecule has 0 aliphatic rings. The number of hydrogen-bond acceptors (Lipinski definition) is 1. The SMILES string of the molecule is CCc1ccc(NC(CC)CC(C)CC)cc1. The van der Waals surface area contributed by atoms with Crippen molar-refractivity contribution in [3.05, 3.63) is 29.8 Å². The van der Waals surface area contributed by atoms with Crippen molar-refractivity contribution < 1.29 is 0 Å². The lowest BCUT2D eigenvalue weighted by Gasteiger charge is -2.21. The highest BCUT2D eigenvalue weighted by molar-refractivity contribution is 5.45. The van der Waals surface area contributed by atoms with Gasteiger partial charge >= 0.3 is 0 Å². The number of nitrogens with one attached hydrogen (secondary N) is 1. The molecule has 1 aromatic carbocycles. The Balaban J connectivity index is 2.54. The van der Waals surface area contributed by atoms with Crippen LogP contribution in [-0.4, -0.2) is 6.04 Å². The predicted octanol–water partition coefficient (Wildman–Crippen LogP) is 4.88. The summed E-state index contributed by atoms with van der Waals surface area (Å²) < 4.78 is 0. The van der Waals surface area contributed by atoms with Gasteiger partial charge < -0.3 is 5.32 Å². The maximum absolute atomic E-state index is 3.65. The third kappa shape index (κ3) is 4.80. The van der Waals surface area contributed by atoms with E-state index in [1.165, 1.54) is 30.5 Å². The van der Waals surface area contributed by atoms with E-state index >= 15 is 0 Å². The van der Waals surface area contributed by atoms with Gasteiger partial charge in [-0.1, -0.05) is 46.2 Å². The van der Waals surface area contributed by atoms with E-state index in [1.54, 1.807) is 0 Å². The highest BCUT2D eigenvalue weighted by Crippen LogP contribution is 2.18. The van der Waals surface area contributed by atoms with Crippen LogP contribution in [0.5, 0.6) is 0 Å². The Morgan fingerprint density at radius 3 is 2.12 bits per heavy atom. The highest BCUT2D eigenvalue weighted by atomic mass is 14.9. The number of anilines is 1. The van der Waals surface area contributed by atoms with Gasteiger partial charge in [0.15, 0.2) is 0 Å². The number of benzene rings is 1. The largest absolute Gasteiger partial charge is 0.382 e. The van der Waals surface area contributed by atoms with Crippen molar-refractivity contribution in [2.75, 3.05) is 5.32 Å². The first-order valence-corrected chi connectivity index (χ1v) is 7.05. The van der Waals surface area contributed by atoms with Crippen molar-refractivity contribution in [3.63, 3.8) is 0 Å². The summed E-state index contributed by atoms with van der Waals surface area (Å²) in [4.78, 5) is 0. The maximum atomic E-state index is 3.65. The van der Waals surface area contributed by atoms with Gasteiger partial charge in [-0.2, -0.15) is 0 Å². The molecule has 0 amide bonds. The Morgan fingerprint density at radius 2 is 1.65 bits per heavy atom. The topological polar surface area (TPSA) is 12.0 Å². The Morgan fingerprint density at radius 1 is 1.00 bits per heavy atom. The molecule has 1 aromatic rings. The lowest BCUT2D eigenvalue weighted by atomic mass is 9.97. The van der Waals surface area contributed by atoms with Gasteiger partial charge in [0.05, 0.1) is 0 Å². The summed E-state index contributed by atoms with van der Waals surface area (Å²) in [5, 5.41) is 3.65. The van der Waals surface area contributed by atoms with E-state index in [0.29, 0.717) is 6.04 Å². The molecule has 0 bridgehead atoms. The fraction of sp³-hybridized carbons (Fsp3) is 0.625. The Labute approximate surface area is 107 Å². The summed E-state index contributed by atoms with van der Waals surface area (Å²) in [6.45, 7) is 9.07. The minimum Gasteiger partial charge on any atom is -0.382 e. The van der Waals surface area contributed by atoms with Crippen molar-refractivity contribution >= 4 is 5.69 Å². The van der Waals surface area contributed by atoms with Gasteiger partial charge in [0.1, 0.15) is 0 Å². The van der Waals surface area contributed by atoms with Gasteiger partial charge in [-0.05, 0) is 42.9 Å². The summed E-state index contributed by atoms with van der Waals surface area (Å²) in [5.74, 6) is 0.808. The first kappa shape index (κ1) is 14.1. The third-order valence-corrected chi connectivity index (χ3v) is 3.61. The molecule has 0 spiro atoms. The van der Waals surface area contributed by atoms with Gasteiger partial charge in [-0.3, -0.25) is 0 Å². The summed E-state index contributed by atoms with van der Waals surface area (Å²) in [7, 11) is 0. The van der Waals surface area contributed by atoms with Crippen LogP contribution in [0.25, 0.3) is 0 Å². The molecule has 0 fully saturated rings. The number of rotatable bonds is 7. The van der Waals surface area contributed by atoms with Gasteiger partial charge in [0.2, 0.25) is 0 Å². The molecular formula is C16H27N. The Kier molecular flexibility index (Phi) is 6.10. The lowest BCUT2D eigenvalue weighted by molar-refractivity contribution is 0.462. The van der Waals surface area contributed by atoms with E-state index in [1.807, 2.05) is 0 Å². The third-order valence-electron chi connectivity index (χ3n) is 3.61. The molecule has 0 aromatic heterocycles. The van der Waals surface area contributed by atoms with Crippen LogP contribution in [0.2, 0.25) is 0 Å². The molecule has 1 heteroatoms.